The predicted octanol–water partition coefficient (Wildman–Crippen LogP) is 4.18. The van der Waals surface area contributed by atoms with Crippen molar-refractivity contribution in [3.05, 3.63) is 0 Å². The molecule has 12 heavy (non-hydrogen) atoms. The molecule has 0 aliphatic carbocycles. The molecule has 3 atom stereocenters. The van der Waals surface area contributed by atoms with Crippen molar-refractivity contribution in [3.8, 4) is 0 Å². The first-order chi connectivity index (χ1) is 5.77. The van der Waals surface area contributed by atoms with Crippen molar-refractivity contribution in [2.75, 3.05) is 6.16 Å². The summed E-state index contributed by atoms with van der Waals surface area (Å²) in [6, 6.07) is 0. The lowest BCUT2D eigenvalue weighted by Crippen LogP contribution is -1.93. The van der Waals surface area contributed by atoms with Gasteiger partial charge in [0.15, 0.2) is 0 Å². The van der Waals surface area contributed by atoms with Crippen LogP contribution in [0, 0.1) is 0 Å². The number of carboxylic acid groups (broad SMARTS) is 1. The van der Waals surface area contributed by atoms with Crippen molar-refractivity contribution in [3.63, 3.8) is 0 Å². The second-order valence-corrected chi connectivity index (χ2v) is 3.83. The summed E-state index contributed by atoms with van der Waals surface area (Å²) in [5.74, 6) is -0.698. The topological polar surface area (TPSA) is 37.3 Å². The van der Waals surface area contributed by atoms with Crippen LogP contribution in [0.25, 0.3) is 0 Å². The Hall–Kier alpha value is 2.20. The Bertz CT molecular complexity index is 85.9. The average molecular weight is 425 g/mol. The van der Waals surface area contributed by atoms with Crippen LogP contribution in [0.5, 0.6) is 0 Å². The van der Waals surface area contributed by atoms with Crippen molar-refractivity contribution in [2.45, 2.75) is 12.8 Å². The fourth-order valence-electron chi connectivity index (χ4n) is 0.306. The van der Waals surface area contributed by atoms with Gasteiger partial charge in [0.05, 0.1) is 0 Å². The standard InChI is InChI=1S/C4H8BrO2P.2BrH2P/c5-8-3-1-2-4(6)7;2*1-2/h8H,1-3H2,(H,6,7);2*2H2. The lowest BCUT2D eigenvalue weighted by Gasteiger charge is -1.89. The van der Waals surface area contributed by atoms with E-state index in [0.717, 1.165) is 12.6 Å². The third-order valence-electron chi connectivity index (χ3n) is 0.662. The second kappa shape index (κ2) is 23.2. The maximum Gasteiger partial charge on any atom is 0.303 e. The van der Waals surface area contributed by atoms with Crippen molar-refractivity contribution < 1.29 is 9.90 Å². The summed E-state index contributed by atoms with van der Waals surface area (Å²) in [6.45, 7) is 0. The van der Waals surface area contributed by atoms with E-state index in [1.165, 1.54) is 0 Å². The number of hydrogen-bond acceptors (Lipinski definition) is 1. The van der Waals surface area contributed by atoms with Crippen molar-refractivity contribution in [2.24, 2.45) is 0 Å². The molecule has 0 radical (unpaired) electrons. The predicted molar refractivity (Wildman–Crippen MR) is 76.3 cm³/mol. The van der Waals surface area contributed by atoms with Crippen LogP contribution in [0.15, 0.2) is 0 Å². The highest BCUT2D eigenvalue weighted by Crippen LogP contribution is 2.20. The maximum atomic E-state index is 9.86. The van der Waals surface area contributed by atoms with E-state index in [2.05, 4.69) is 62.4 Å². The molecular formula is C4H12Br3O2P3. The zero-order valence-electron chi connectivity index (χ0n) is 6.27. The maximum absolute atomic E-state index is 9.86. The molecule has 0 aliphatic rings. The molecule has 1 N–H and O–H groups in total. The summed E-state index contributed by atoms with van der Waals surface area (Å²) in [7, 11) is 5.16. The molecule has 0 aromatic carbocycles. The smallest absolute Gasteiger partial charge is 0.303 e. The zero-order valence-corrected chi connectivity index (χ0v) is 14.3. The third kappa shape index (κ3) is 29.5. The number of hydrogen-bond donors (Lipinski definition) is 1. The number of aliphatic carboxylic acids is 1. The molecule has 0 aliphatic heterocycles. The summed E-state index contributed by atoms with van der Waals surface area (Å²) < 4.78 is 0. The first-order valence-electron chi connectivity index (χ1n) is 2.76. The second-order valence-electron chi connectivity index (χ2n) is 1.38. The number of halogens is 3. The Morgan fingerprint density at radius 3 is 2.00 bits per heavy atom. The molecule has 0 bridgehead atoms. The van der Waals surface area contributed by atoms with Crippen LogP contribution in [-0.2, 0) is 4.79 Å². The van der Waals surface area contributed by atoms with Crippen LogP contribution in [0.1, 0.15) is 12.8 Å². The molecule has 0 spiro atoms. The highest BCUT2D eigenvalue weighted by molar-refractivity contribution is 9.36. The summed E-state index contributed by atoms with van der Waals surface area (Å²) in [6.07, 6.45) is 2.07. The fraction of sp³-hybridized carbons (Fsp3) is 0.750. The molecule has 0 fully saturated rings. The molecule has 8 heteroatoms. The first-order valence-corrected chi connectivity index (χ1v) is 12.6. The van der Waals surface area contributed by atoms with Crippen molar-refractivity contribution in [1.82, 2.24) is 0 Å². The van der Waals surface area contributed by atoms with E-state index >= 15 is 0 Å². The summed E-state index contributed by atoms with van der Waals surface area (Å²) in [5, 5.41) is 8.13. The van der Waals surface area contributed by atoms with Gasteiger partial charge in [0.2, 0.25) is 0 Å². The lowest BCUT2D eigenvalue weighted by molar-refractivity contribution is -0.137. The van der Waals surface area contributed by atoms with Crippen LogP contribution in [0.4, 0.5) is 0 Å². The van der Waals surface area contributed by atoms with Gasteiger partial charge < -0.3 is 5.11 Å². The van der Waals surface area contributed by atoms with Crippen molar-refractivity contribution in [1.29, 1.82) is 0 Å². The zero-order chi connectivity index (χ0) is 10.4. The molecule has 0 saturated carbocycles. The van der Waals surface area contributed by atoms with E-state index in [9.17, 15) is 4.79 Å². The molecule has 3 unspecified atom stereocenters. The van der Waals surface area contributed by atoms with Gasteiger partial charge in [0, 0.05) is 6.42 Å². The van der Waals surface area contributed by atoms with Gasteiger partial charge in [-0.3, -0.25) is 4.79 Å². The largest absolute Gasteiger partial charge is 0.481 e. The van der Waals surface area contributed by atoms with E-state index < -0.39 is 5.97 Å². The van der Waals surface area contributed by atoms with E-state index in [0.29, 0.717) is 13.7 Å². The monoisotopic (exact) mass is 422 g/mol. The molecule has 0 amide bonds. The summed E-state index contributed by atoms with van der Waals surface area (Å²) >= 11 is 8.94. The number of rotatable bonds is 4. The molecule has 0 aromatic heterocycles. The van der Waals surface area contributed by atoms with Gasteiger partial charge >= 0.3 is 5.97 Å². The molecule has 0 saturated heterocycles. The normalized spacial score (nSPS) is 8.08. The van der Waals surface area contributed by atoms with Gasteiger partial charge in [-0.1, -0.05) is 69.6 Å². The molecule has 76 valence electrons. The van der Waals surface area contributed by atoms with Crippen LogP contribution >= 0.6 is 69.6 Å². The Balaban J connectivity index is -0.000000175. The molecule has 0 heterocycles. The fourth-order valence-corrected chi connectivity index (χ4v) is 1.46. The molecule has 2 nitrogen and oxygen atoms in total. The quantitative estimate of drug-likeness (QED) is 0.543. The van der Waals surface area contributed by atoms with Gasteiger partial charge in [0.1, 0.15) is 0 Å². The summed E-state index contributed by atoms with van der Waals surface area (Å²) in [4.78, 5) is 9.86. The molecule has 0 aromatic rings. The van der Waals surface area contributed by atoms with Crippen LogP contribution in [-0.4, -0.2) is 17.2 Å². The Kier molecular flexibility index (Phi) is 38.2. The van der Waals surface area contributed by atoms with Gasteiger partial charge in [-0.25, -0.2) is 0 Å². The van der Waals surface area contributed by atoms with Crippen molar-refractivity contribution >= 4 is 75.6 Å². The average Bonchev–Trinajstić information content (AvgIpc) is 2.12. The highest BCUT2D eigenvalue weighted by atomic mass is 79.9. The molecule has 0 rings (SSSR count). The van der Waals surface area contributed by atoms with E-state index in [1.54, 1.807) is 0 Å². The van der Waals surface area contributed by atoms with Gasteiger partial charge in [-0.2, -0.15) is 0 Å². The Morgan fingerprint density at radius 1 is 1.33 bits per heavy atom. The van der Waals surface area contributed by atoms with Crippen LogP contribution in [0.3, 0.4) is 0 Å². The minimum atomic E-state index is -0.698. The van der Waals surface area contributed by atoms with Crippen LogP contribution in [0.2, 0.25) is 0 Å². The minimum absolute atomic E-state index is 0.304. The van der Waals surface area contributed by atoms with Gasteiger partial charge in [0.25, 0.3) is 0 Å². The van der Waals surface area contributed by atoms with Gasteiger partial charge in [-0.05, 0) is 12.6 Å². The minimum Gasteiger partial charge on any atom is -0.481 e. The van der Waals surface area contributed by atoms with E-state index in [-0.39, 0.29) is 0 Å². The van der Waals surface area contributed by atoms with Gasteiger partial charge in [-0.15, -0.1) is 0 Å². The van der Waals surface area contributed by atoms with Crippen LogP contribution < -0.4 is 0 Å². The first kappa shape index (κ1) is 19.7. The SMILES string of the molecule is O=C(O)CCCPBr.PBr.PBr. The van der Waals surface area contributed by atoms with E-state index in [1.807, 2.05) is 0 Å². The number of carboxylic acids is 1. The highest BCUT2D eigenvalue weighted by Gasteiger charge is 1.93. The molecular weight excluding hydrogens is 413 g/mol. The Labute approximate surface area is 104 Å². The number of carbonyl (C=O) groups is 1. The third-order valence-corrected chi connectivity index (χ3v) is 2.39. The van der Waals surface area contributed by atoms with E-state index in [4.69, 9.17) is 5.11 Å². The summed E-state index contributed by atoms with van der Waals surface area (Å²) in [5.41, 5.74) is 0. The Morgan fingerprint density at radius 2 is 1.75 bits per heavy atom. The lowest BCUT2D eigenvalue weighted by atomic mass is 10.3.